The fourth-order valence-electron chi connectivity index (χ4n) is 1.98. The molecule has 2 rings (SSSR count). The number of aryl methyl sites for hydroxylation is 2. The van der Waals surface area contributed by atoms with Crippen LogP contribution in [0.15, 0.2) is 24.5 Å². The van der Waals surface area contributed by atoms with Crippen LogP contribution in [0.2, 0.25) is 0 Å². The molecule has 3 N–H and O–H groups in total. The Bertz CT molecular complexity index is 591. The monoisotopic (exact) mass is 272 g/mol. The fourth-order valence-corrected chi connectivity index (χ4v) is 1.98. The third kappa shape index (κ3) is 3.38. The molecule has 0 atom stereocenters. The normalized spacial score (nSPS) is 10.7. The van der Waals surface area contributed by atoms with E-state index in [1.54, 1.807) is 0 Å². The molecule has 20 heavy (non-hydrogen) atoms. The second kappa shape index (κ2) is 5.77. The molecule has 1 aromatic carbocycles. The summed E-state index contributed by atoms with van der Waals surface area (Å²) in [5.74, 6) is 0.961. The molecule has 0 aliphatic carbocycles. The van der Waals surface area contributed by atoms with Gasteiger partial charge < -0.3 is 15.8 Å². The molecule has 0 fully saturated rings. The van der Waals surface area contributed by atoms with Gasteiger partial charge in [0.2, 0.25) is 5.88 Å². The Balaban J connectivity index is 2.29. The van der Waals surface area contributed by atoms with Gasteiger partial charge in [0, 0.05) is 5.69 Å². The summed E-state index contributed by atoms with van der Waals surface area (Å²) in [5, 5.41) is 3.21. The Morgan fingerprint density at radius 2 is 1.75 bits per heavy atom. The molecular formula is C15H20N4O. The highest BCUT2D eigenvalue weighted by molar-refractivity contribution is 5.72. The van der Waals surface area contributed by atoms with Crippen LogP contribution in [0.1, 0.15) is 25.0 Å². The first-order chi connectivity index (χ1) is 9.45. The molecule has 106 valence electrons. The number of aromatic nitrogens is 2. The minimum absolute atomic E-state index is 0.0151. The summed E-state index contributed by atoms with van der Waals surface area (Å²) in [6, 6.07) is 6.19. The van der Waals surface area contributed by atoms with Crippen molar-refractivity contribution in [2.75, 3.05) is 11.1 Å². The van der Waals surface area contributed by atoms with E-state index in [4.69, 9.17) is 10.5 Å². The zero-order valence-electron chi connectivity index (χ0n) is 12.3. The van der Waals surface area contributed by atoms with Crippen molar-refractivity contribution in [2.45, 2.75) is 33.8 Å². The van der Waals surface area contributed by atoms with E-state index in [9.17, 15) is 0 Å². The number of nitrogens with one attached hydrogen (secondary N) is 1. The number of hydrogen-bond donors (Lipinski definition) is 2. The quantitative estimate of drug-likeness (QED) is 0.894. The molecule has 0 spiro atoms. The van der Waals surface area contributed by atoms with Gasteiger partial charge >= 0.3 is 0 Å². The summed E-state index contributed by atoms with van der Waals surface area (Å²) in [5.41, 5.74) is 9.77. The van der Waals surface area contributed by atoms with Crippen molar-refractivity contribution in [2.24, 2.45) is 0 Å². The number of rotatable bonds is 4. The summed E-state index contributed by atoms with van der Waals surface area (Å²) in [4.78, 5) is 8.23. The Labute approximate surface area is 119 Å². The van der Waals surface area contributed by atoms with Crippen LogP contribution >= 0.6 is 0 Å². The average Bonchev–Trinajstić information content (AvgIpc) is 2.32. The van der Waals surface area contributed by atoms with Gasteiger partial charge in [-0.2, -0.15) is 4.98 Å². The van der Waals surface area contributed by atoms with Gasteiger partial charge in [0.05, 0.1) is 6.10 Å². The number of anilines is 3. The standard InChI is InChI=1S/C15H20N4O/c1-9(2)20-15-13(16)14(17-8-18-15)19-12-6-10(3)5-11(4)7-12/h5-9H,16H2,1-4H3,(H,17,18,19). The molecule has 0 amide bonds. The van der Waals surface area contributed by atoms with Crippen LogP contribution in [0.5, 0.6) is 5.88 Å². The van der Waals surface area contributed by atoms with Gasteiger partial charge in [-0.1, -0.05) is 6.07 Å². The van der Waals surface area contributed by atoms with Crippen LogP contribution < -0.4 is 15.8 Å². The topological polar surface area (TPSA) is 73.1 Å². The van der Waals surface area contributed by atoms with E-state index in [-0.39, 0.29) is 6.10 Å². The number of nitrogens with two attached hydrogens (primary N) is 1. The van der Waals surface area contributed by atoms with Gasteiger partial charge in [0.15, 0.2) is 5.82 Å². The zero-order valence-corrected chi connectivity index (χ0v) is 12.3. The lowest BCUT2D eigenvalue weighted by molar-refractivity contribution is 0.234. The molecule has 0 aliphatic rings. The van der Waals surface area contributed by atoms with E-state index in [2.05, 4.69) is 35.2 Å². The molecule has 5 nitrogen and oxygen atoms in total. The SMILES string of the molecule is Cc1cc(C)cc(Nc2ncnc(OC(C)C)c2N)c1. The van der Waals surface area contributed by atoms with Crippen molar-refractivity contribution in [3.8, 4) is 5.88 Å². The van der Waals surface area contributed by atoms with E-state index >= 15 is 0 Å². The van der Waals surface area contributed by atoms with Crippen LogP contribution in [0.3, 0.4) is 0 Å². The maximum absolute atomic E-state index is 6.04. The van der Waals surface area contributed by atoms with Crippen molar-refractivity contribution < 1.29 is 4.74 Å². The first-order valence-corrected chi connectivity index (χ1v) is 6.58. The van der Waals surface area contributed by atoms with E-state index < -0.39 is 0 Å². The summed E-state index contributed by atoms with van der Waals surface area (Å²) in [7, 11) is 0. The van der Waals surface area contributed by atoms with Crippen LogP contribution in [0.25, 0.3) is 0 Å². The van der Waals surface area contributed by atoms with Gasteiger partial charge in [-0.05, 0) is 51.0 Å². The van der Waals surface area contributed by atoms with Gasteiger partial charge in [-0.3, -0.25) is 0 Å². The van der Waals surface area contributed by atoms with Crippen LogP contribution in [0.4, 0.5) is 17.2 Å². The smallest absolute Gasteiger partial charge is 0.242 e. The van der Waals surface area contributed by atoms with Crippen molar-refractivity contribution in [3.63, 3.8) is 0 Å². The van der Waals surface area contributed by atoms with Gasteiger partial charge in [0.1, 0.15) is 12.0 Å². The largest absolute Gasteiger partial charge is 0.473 e. The van der Waals surface area contributed by atoms with E-state index in [0.29, 0.717) is 17.4 Å². The highest BCUT2D eigenvalue weighted by Gasteiger charge is 2.11. The first-order valence-electron chi connectivity index (χ1n) is 6.58. The summed E-state index contributed by atoms with van der Waals surface area (Å²) >= 11 is 0. The predicted octanol–water partition coefficient (Wildman–Crippen LogP) is 3.21. The molecule has 0 unspecified atom stereocenters. The number of benzene rings is 1. The van der Waals surface area contributed by atoms with Crippen molar-refractivity contribution in [1.82, 2.24) is 9.97 Å². The Kier molecular flexibility index (Phi) is 4.08. The molecule has 0 bridgehead atoms. The minimum atomic E-state index is 0.0151. The van der Waals surface area contributed by atoms with Crippen LogP contribution in [-0.4, -0.2) is 16.1 Å². The van der Waals surface area contributed by atoms with E-state index in [1.807, 2.05) is 26.0 Å². The molecular weight excluding hydrogens is 252 g/mol. The maximum Gasteiger partial charge on any atom is 0.242 e. The Hall–Kier alpha value is -2.30. The van der Waals surface area contributed by atoms with Gasteiger partial charge in [0.25, 0.3) is 0 Å². The third-order valence-electron chi connectivity index (χ3n) is 2.68. The second-order valence-electron chi connectivity index (χ2n) is 5.11. The molecule has 2 aromatic rings. The summed E-state index contributed by atoms with van der Waals surface area (Å²) in [6.45, 7) is 7.96. The van der Waals surface area contributed by atoms with Crippen molar-refractivity contribution in [1.29, 1.82) is 0 Å². The second-order valence-corrected chi connectivity index (χ2v) is 5.11. The lowest BCUT2D eigenvalue weighted by Gasteiger charge is -2.14. The average molecular weight is 272 g/mol. The first kappa shape index (κ1) is 14.1. The minimum Gasteiger partial charge on any atom is -0.473 e. The van der Waals surface area contributed by atoms with Crippen molar-refractivity contribution >= 4 is 17.2 Å². The number of hydrogen-bond acceptors (Lipinski definition) is 5. The number of nitrogen functional groups attached to an aromatic ring is 1. The zero-order chi connectivity index (χ0) is 14.7. The highest BCUT2D eigenvalue weighted by Crippen LogP contribution is 2.28. The Morgan fingerprint density at radius 3 is 2.35 bits per heavy atom. The number of ether oxygens (including phenoxy) is 1. The summed E-state index contributed by atoms with van der Waals surface area (Å²) in [6.07, 6.45) is 1.46. The fraction of sp³-hybridized carbons (Fsp3) is 0.333. The maximum atomic E-state index is 6.04. The number of nitrogens with zero attached hydrogens (tertiary/aromatic N) is 2. The molecule has 1 heterocycles. The van der Waals surface area contributed by atoms with Crippen LogP contribution in [0, 0.1) is 13.8 Å². The molecule has 0 saturated carbocycles. The predicted molar refractivity (Wildman–Crippen MR) is 81.4 cm³/mol. The van der Waals surface area contributed by atoms with Gasteiger partial charge in [-0.25, -0.2) is 4.98 Å². The molecule has 0 saturated heterocycles. The Morgan fingerprint density at radius 1 is 1.10 bits per heavy atom. The molecule has 5 heteroatoms. The third-order valence-corrected chi connectivity index (χ3v) is 2.68. The van der Waals surface area contributed by atoms with E-state index in [1.165, 1.54) is 17.5 Å². The molecule has 1 aromatic heterocycles. The van der Waals surface area contributed by atoms with Gasteiger partial charge in [-0.15, -0.1) is 0 Å². The lowest BCUT2D eigenvalue weighted by atomic mass is 10.1. The van der Waals surface area contributed by atoms with E-state index in [0.717, 1.165) is 5.69 Å². The lowest BCUT2D eigenvalue weighted by Crippen LogP contribution is -2.10. The van der Waals surface area contributed by atoms with Crippen molar-refractivity contribution in [3.05, 3.63) is 35.7 Å². The molecule has 0 aliphatic heterocycles. The molecule has 0 radical (unpaired) electrons. The summed E-state index contributed by atoms with van der Waals surface area (Å²) < 4.78 is 5.55. The highest BCUT2D eigenvalue weighted by atomic mass is 16.5. The van der Waals surface area contributed by atoms with Crippen LogP contribution in [-0.2, 0) is 0 Å².